The van der Waals surface area contributed by atoms with Crippen LogP contribution in [0.2, 0.25) is 0 Å². The SMILES string of the molecule is Cc1ccc(N(C)C2CCCCC2C)c(CNC2CC2)c1. The maximum atomic E-state index is 3.68. The molecule has 0 aliphatic heterocycles. The molecule has 2 nitrogen and oxygen atoms in total. The summed E-state index contributed by atoms with van der Waals surface area (Å²) in [5.74, 6) is 0.814. The van der Waals surface area contributed by atoms with Crippen molar-refractivity contribution in [1.82, 2.24) is 5.32 Å². The van der Waals surface area contributed by atoms with Gasteiger partial charge < -0.3 is 10.2 Å². The molecular formula is C19H30N2. The minimum atomic E-state index is 0.709. The van der Waals surface area contributed by atoms with Crippen LogP contribution in [0, 0.1) is 12.8 Å². The highest BCUT2D eigenvalue weighted by Crippen LogP contribution is 2.32. The van der Waals surface area contributed by atoms with Gasteiger partial charge in [0, 0.05) is 31.4 Å². The van der Waals surface area contributed by atoms with Crippen LogP contribution in [0.15, 0.2) is 18.2 Å². The lowest BCUT2D eigenvalue weighted by molar-refractivity contribution is 0.321. The van der Waals surface area contributed by atoms with Crippen LogP contribution >= 0.6 is 0 Å². The van der Waals surface area contributed by atoms with Crippen molar-refractivity contribution < 1.29 is 0 Å². The Hall–Kier alpha value is -1.02. The number of aryl methyl sites for hydroxylation is 1. The lowest BCUT2D eigenvalue weighted by Crippen LogP contribution is -2.39. The molecule has 2 heteroatoms. The highest BCUT2D eigenvalue weighted by Gasteiger charge is 2.27. The summed E-state index contributed by atoms with van der Waals surface area (Å²) in [5, 5.41) is 3.68. The van der Waals surface area contributed by atoms with Crippen molar-refractivity contribution in [3.8, 4) is 0 Å². The molecule has 1 N–H and O–H groups in total. The van der Waals surface area contributed by atoms with E-state index in [4.69, 9.17) is 0 Å². The molecule has 0 heterocycles. The molecule has 1 aromatic rings. The quantitative estimate of drug-likeness (QED) is 0.870. The van der Waals surface area contributed by atoms with Gasteiger partial charge in [-0.15, -0.1) is 0 Å². The fraction of sp³-hybridized carbons (Fsp3) is 0.684. The van der Waals surface area contributed by atoms with Crippen LogP contribution in [0.4, 0.5) is 5.69 Å². The average molecular weight is 286 g/mol. The molecule has 0 saturated heterocycles. The molecule has 116 valence electrons. The van der Waals surface area contributed by atoms with Gasteiger partial charge in [-0.3, -0.25) is 0 Å². The Morgan fingerprint density at radius 3 is 2.62 bits per heavy atom. The van der Waals surface area contributed by atoms with Crippen LogP contribution < -0.4 is 10.2 Å². The monoisotopic (exact) mass is 286 g/mol. The first-order chi connectivity index (χ1) is 10.1. The highest BCUT2D eigenvalue weighted by atomic mass is 15.1. The molecule has 2 atom stereocenters. The zero-order valence-corrected chi connectivity index (χ0v) is 13.9. The van der Waals surface area contributed by atoms with E-state index in [0.29, 0.717) is 6.04 Å². The Kier molecular flexibility index (Phi) is 4.54. The van der Waals surface area contributed by atoms with Crippen LogP contribution in [0.25, 0.3) is 0 Å². The first kappa shape index (κ1) is 14.9. The molecule has 0 aromatic heterocycles. The Morgan fingerprint density at radius 1 is 1.14 bits per heavy atom. The molecule has 0 radical (unpaired) electrons. The summed E-state index contributed by atoms with van der Waals surface area (Å²) in [7, 11) is 2.30. The van der Waals surface area contributed by atoms with Gasteiger partial charge in [-0.25, -0.2) is 0 Å². The van der Waals surface area contributed by atoms with Gasteiger partial charge in [0.15, 0.2) is 0 Å². The zero-order valence-electron chi connectivity index (χ0n) is 13.9. The van der Waals surface area contributed by atoms with E-state index < -0.39 is 0 Å². The zero-order chi connectivity index (χ0) is 14.8. The van der Waals surface area contributed by atoms with E-state index in [1.54, 1.807) is 0 Å². The molecule has 0 spiro atoms. The summed E-state index contributed by atoms with van der Waals surface area (Å²) in [5.41, 5.74) is 4.28. The summed E-state index contributed by atoms with van der Waals surface area (Å²) in [4.78, 5) is 2.56. The van der Waals surface area contributed by atoms with Gasteiger partial charge in [-0.1, -0.05) is 37.5 Å². The summed E-state index contributed by atoms with van der Waals surface area (Å²) in [6.45, 7) is 5.65. The van der Waals surface area contributed by atoms with Crippen LogP contribution in [0.5, 0.6) is 0 Å². The molecular weight excluding hydrogens is 256 g/mol. The van der Waals surface area contributed by atoms with E-state index in [-0.39, 0.29) is 0 Å². The number of nitrogens with one attached hydrogen (secondary N) is 1. The van der Waals surface area contributed by atoms with Crippen LogP contribution in [0.1, 0.15) is 56.6 Å². The van der Waals surface area contributed by atoms with Gasteiger partial charge in [-0.05, 0) is 50.2 Å². The first-order valence-electron chi connectivity index (χ1n) is 8.71. The van der Waals surface area contributed by atoms with Crippen molar-refractivity contribution in [2.75, 3.05) is 11.9 Å². The summed E-state index contributed by atoms with van der Waals surface area (Å²) < 4.78 is 0. The van der Waals surface area contributed by atoms with E-state index in [2.05, 4.69) is 49.3 Å². The fourth-order valence-corrected chi connectivity index (χ4v) is 3.79. The van der Waals surface area contributed by atoms with Crippen molar-refractivity contribution in [2.24, 2.45) is 5.92 Å². The molecule has 2 aliphatic rings. The Morgan fingerprint density at radius 2 is 1.90 bits per heavy atom. The van der Waals surface area contributed by atoms with Crippen LogP contribution in [-0.4, -0.2) is 19.1 Å². The normalized spacial score (nSPS) is 25.9. The number of hydrogen-bond acceptors (Lipinski definition) is 2. The number of benzene rings is 1. The van der Waals surface area contributed by atoms with E-state index in [9.17, 15) is 0 Å². The number of anilines is 1. The molecule has 0 bridgehead atoms. The van der Waals surface area contributed by atoms with Crippen molar-refractivity contribution in [1.29, 1.82) is 0 Å². The average Bonchev–Trinajstić information content (AvgIpc) is 3.29. The Bertz CT molecular complexity index is 478. The maximum absolute atomic E-state index is 3.68. The van der Waals surface area contributed by atoms with E-state index in [1.807, 2.05) is 0 Å². The van der Waals surface area contributed by atoms with E-state index in [0.717, 1.165) is 18.5 Å². The van der Waals surface area contributed by atoms with Gasteiger partial charge in [0.2, 0.25) is 0 Å². The standard InChI is InChI=1S/C19H30N2/c1-14-8-11-19(16(12-14)13-20-17-9-10-17)21(3)18-7-5-4-6-15(18)2/h8,11-12,15,17-18,20H,4-7,9-10,13H2,1-3H3. The Balaban J connectivity index is 1.78. The van der Waals surface area contributed by atoms with Crippen molar-refractivity contribution in [2.45, 2.75) is 71.0 Å². The molecule has 2 saturated carbocycles. The predicted molar refractivity (Wildman–Crippen MR) is 90.9 cm³/mol. The largest absolute Gasteiger partial charge is 0.371 e. The van der Waals surface area contributed by atoms with E-state index in [1.165, 1.54) is 55.3 Å². The van der Waals surface area contributed by atoms with Crippen LogP contribution in [-0.2, 0) is 6.54 Å². The lowest BCUT2D eigenvalue weighted by atomic mass is 9.84. The van der Waals surface area contributed by atoms with Gasteiger partial charge in [0.05, 0.1) is 0 Å². The highest BCUT2D eigenvalue weighted by molar-refractivity contribution is 5.55. The second kappa shape index (κ2) is 6.39. The summed E-state index contributed by atoms with van der Waals surface area (Å²) in [6.07, 6.45) is 8.25. The number of rotatable bonds is 5. The number of nitrogens with zero attached hydrogens (tertiary/aromatic N) is 1. The molecule has 21 heavy (non-hydrogen) atoms. The van der Waals surface area contributed by atoms with Gasteiger partial charge >= 0.3 is 0 Å². The maximum Gasteiger partial charge on any atom is 0.0412 e. The smallest absolute Gasteiger partial charge is 0.0412 e. The van der Waals surface area contributed by atoms with Crippen molar-refractivity contribution in [3.05, 3.63) is 29.3 Å². The third-order valence-electron chi connectivity index (χ3n) is 5.34. The van der Waals surface area contributed by atoms with Crippen molar-refractivity contribution in [3.63, 3.8) is 0 Å². The van der Waals surface area contributed by atoms with Gasteiger partial charge in [0.25, 0.3) is 0 Å². The molecule has 2 aliphatic carbocycles. The number of hydrogen-bond donors (Lipinski definition) is 1. The second-order valence-electron chi connectivity index (χ2n) is 7.23. The Labute approximate surface area is 129 Å². The topological polar surface area (TPSA) is 15.3 Å². The molecule has 2 unspecified atom stereocenters. The predicted octanol–water partition coefficient (Wildman–Crippen LogP) is 4.26. The summed E-state index contributed by atoms with van der Waals surface area (Å²) >= 11 is 0. The minimum absolute atomic E-state index is 0.709. The van der Waals surface area contributed by atoms with Gasteiger partial charge in [-0.2, -0.15) is 0 Å². The third kappa shape index (κ3) is 3.60. The van der Waals surface area contributed by atoms with Crippen LogP contribution in [0.3, 0.4) is 0 Å². The second-order valence-corrected chi connectivity index (χ2v) is 7.23. The summed E-state index contributed by atoms with van der Waals surface area (Å²) in [6, 6.07) is 8.45. The minimum Gasteiger partial charge on any atom is -0.371 e. The van der Waals surface area contributed by atoms with E-state index >= 15 is 0 Å². The molecule has 3 rings (SSSR count). The lowest BCUT2D eigenvalue weighted by Gasteiger charge is -2.38. The third-order valence-corrected chi connectivity index (χ3v) is 5.34. The fourth-order valence-electron chi connectivity index (χ4n) is 3.79. The molecule has 0 amide bonds. The molecule has 2 fully saturated rings. The van der Waals surface area contributed by atoms with Crippen molar-refractivity contribution >= 4 is 5.69 Å². The first-order valence-corrected chi connectivity index (χ1v) is 8.71. The van der Waals surface area contributed by atoms with Gasteiger partial charge in [0.1, 0.15) is 0 Å². The molecule has 1 aromatic carbocycles.